The maximum atomic E-state index is 14.0. The maximum absolute atomic E-state index is 14.0. The van der Waals surface area contributed by atoms with Crippen LogP contribution in [-0.2, 0) is 17.6 Å². The van der Waals surface area contributed by atoms with Crippen molar-refractivity contribution in [3.63, 3.8) is 0 Å². The Kier molecular flexibility index (Phi) is 10.8. The number of carboxylic acid groups (broad SMARTS) is 1. The highest BCUT2D eigenvalue weighted by atomic mass is 19.1. The molecule has 0 saturated carbocycles. The summed E-state index contributed by atoms with van der Waals surface area (Å²) in [7, 11) is 0. The average molecular weight is 587 g/mol. The van der Waals surface area contributed by atoms with Gasteiger partial charge >= 0.3 is 0 Å². The number of aromatic nitrogens is 2. The summed E-state index contributed by atoms with van der Waals surface area (Å²) in [5.41, 5.74) is 5.18. The van der Waals surface area contributed by atoms with Gasteiger partial charge in [-0.15, -0.1) is 0 Å². The molecule has 0 unspecified atom stereocenters. The Morgan fingerprint density at radius 2 is 1.63 bits per heavy atom. The molecule has 2 heterocycles. The van der Waals surface area contributed by atoms with Gasteiger partial charge in [0.2, 0.25) is 0 Å². The Labute approximate surface area is 250 Å². The standard InChI is InChI=1S/C34H38FN3O5/c1-22(2)38-29(15-14-27(39)19-28(40)20-30(41)42)31(25-10-12-26(35)13-11-25)32(24-8-4-3-5-9-24)33(38)34(43)37-18-16-23-7-6-17-36-21-23/h3-13,17,21-22,27-28,39-40H,14-16,18-20H2,1-2H3,(H,37,43)(H,41,42)/p-1/t27-,28-/m1/s1. The third-order valence-electron chi connectivity index (χ3n) is 7.32. The number of aliphatic hydroxyl groups excluding tert-OH is 2. The first-order valence-corrected chi connectivity index (χ1v) is 14.5. The second-order valence-electron chi connectivity index (χ2n) is 10.9. The highest BCUT2D eigenvalue weighted by Gasteiger charge is 2.30. The van der Waals surface area contributed by atoms with Crippen molar-refractivity contribution in [3.05, 3.63) is 102 Å². The molecule has 0 bridgehead atoms. The van der Waals surface area contributed by atoms with Gasteiger partial charge in [-0.05, 0) is 74.4 Å². The van der Waals surface area contributed by atoms with Crippen molar-refractivity contribution in [2.45, 2.75) is 64.2 Å². The summed E-state index contributed by atoms with van der Waals surface area (Å²) in [6, 6.07) is 19.3. The summed E-state index contributed by atoms with van der Waals surface area (Å²) in [5.74, 6) is -2.05. The number of carbonyl (C=O) groups is 2. The Bertz CT molecular complexity index is 1500. The van der Waals surface area contributed by atoms with Gasteiger partial charge in [-0.2, -0.15) is 0 Å². The van der Waals surface area contributed by atoms with Crippen molar-refractivity contribution in [1.82, 2.24) is 14.9 Å². The summed E-state index contributed by atoms with van der Waals surface area (Å²) in [5, 5.41) is 34.7. The van der Waals surface area contributed by atoms with Crippen LogP contribution in [0.15, 0.2) is 79.1 Å². The molecule has 9 heteroatoms. The van der Waals surface area contributed by atoms with Crippen LogP contribution in [0.4, 0.5) is 4.39 Å². The van der Waals surface area contributed by atoms with E-state index in [2.05, 4.69) is 10.3 Å². The van der Waals surface area contributed by atoms with Crippen LogP contribution < -0.4 is 10.4 Å². The molecule has 0 saturated heterocycles. The van der Waals surface area contributed by atoms with E-state index in [4.69, 9.17) is 0 Å². The van der Waals surface area contributed by atoms with E-state index in [1.54, 1.807) is 24.5 Å². The van der Waals surface area contributed by atoms with E-state index in [-0.39, 0.29) is 30.6 Å². The molecule has 4 aromatic rings. The van der Waals surface area contributed by atoms with Gasteiger partial charge in [-0.25, -0.2) is 4.39 Å². The van der Waals surface area contributed by atoms with Gasteiger partial charge in [0.1, 0.15) is 11.5 Å². The number of halogens is 1. The molecule has 0 aliphatic rings. The number of hydrogen-bond donors (Lipinski definition) is 3. The normalized spacial score (nSPS) is 12.7. The molecule has 0 spiro atoms. The summed E-state index contributed by atoms with van der Waals surface area (Å²) in [6.07, 6.45) is 1.63. The van der Waals surface area contributed by atoms with Gasteiger partial charge in [0.25, 0.3) is 5.91 Å². The first-order chi connectivity index (χ1) is 20.7. The second-order valence-corrected chi connectivity index (χ2v) is 10.9. The number of carboxylic acids is 1. The van der Waals surface area contributed by atoms with E-state index in [9.17, 15) is 29.3 Å². The quantitative estimate of drug-likeness (QED) is 0.204. The van der Waals surface area contributed by atoms with Crippen molar-refractivity contribution in [2.24, 2.45) is 0 Å². The van der Waals surface area contributed by atoms with Gasteiger partial charge < -0.3 is 30.0 Å². The minimum Gasteiger partial charge on any atom is -0.550 e. The highest BCUT2D eigenvalue weighted by molar-refractivity contribution is 6.05. The summed E-state index contributed by atoms with van der Waals surface area (Å²) in [4.78, 5) is 29.1. The number of nitrogens with zero attached hydrogens (tertiary/aromatic N) is 2. The fourth-order valence-electron chi connectivity index (χ4n) is 5.45. The van der Waals surface area contributed by atoms with Crippen molar-refractivity contribution in [1.29, 1.82) is 0 Å². The number of pyridine rings is 1. The van der Waals surface area contributed by atoms with Crippen LogP contribution >= 0.6 is 0 Å². The van der Waals surface area contributed by atoms with Crippen molar-refractivity contribution < 1.29 is 29.3 Å². The number of nitrogens with one attached hydrogen (secondary N) is 1. The van der Waals surface area contributed by atoms with E-state index in [0.717, 1.165) is 22.4 Å². The summed E-state index contributed by atoms with van der Waals surface area (Å²) in [6.45, 7) is 4.33. The molecular weight excluding hydrogens is 549 g/mol. The number of hydrogen-bond acceptors (Lipinski definition) is 6. The number of rotatable bonds is 14. The predicted molar refractivity (Wildman–Crippen MR) is 160 cm³/mol. The molecule has 2 aromatic heterocycles. The van der Waals surface area contributed by atoms with Crippen LogP contribution in [-0.4, -0.2) is 50.4 Å². The fraction of sp³-hybridized carbons (Fsp3) is 0.324. The van der Waals surface area contributed by atoms with Gasteiger partial charge in [0.15, 0.2) is 0 Å². The lowest BCUT2D eigenvalue weighted by atomic mass is 9.92. The van der Waals surface area contributed by atoms with Crippen LogP contribution in [0.3, 0.4) is 0 Å². The van der Waals surface area contributed by atoms with Crippen LogP contribution in [0.1, 0.15) is 60.9 Å². The molecule has 0 radical (unpaired) electrons. The van der Waals surface area contributed by atoms with Gasteiger partial charge in [0, 0.05) is 54.2 Å². The smallest absolute Gasteiger partial charge is 0.268 e. The van der Waals surface area contributed by atoms with Crippen LogP contribution in [0.2, 0.25) is 0 Å². The van der Waals surface area contributed by atoms with Gasteiger partial charge in [0.05, 0.1) is 12.2 Å². The Balaban J connectivity index is 1.81. The molecule has 1 amide bonds. The molecular formula is C34H37FN3O5-. The van der Waals surface area contributed by atoms with E-state index in [1.807, 2.05) is 60.9 Å². The molecule has 0 fully saturated rings. The Hall–Kier alpha value is -4.34. The van der Waals surface area contributed by atoms with E-state index >= 15 is 0 Å². The van der Waals surface area contributed by atoms with Crippen LogP contribution in [0.25, 0.3) is 22.3 Å². The van der Waals surface area contributed by atoms with Crippen LogP contribution in [0.5, 0.6) is 0 Å². The van der Waals surface area contributed by atoms with E-state index in [0.29, 0.717) is 36.2 Å². The maximum Gasteiger partial charge on any atom is 0.268 e. The zero-order valence-corrected chi connectivity index (χ0v) is 24.4. The number of aliphatic hydroxyl groups is 2. The zero-order chi connectivity index (χ0) is 30.9. The average Bonchev–Trinajstić information content (AvgIpc) is 3.32. The molecule has 4 rings (SSSR count). The lowest BCUT2D eigenvalue weighted by Gasteiger charge is -2.20. The van der Waals surface area contributed by atoms with Crippen LogP contribution in [0, 0.1) is 5.82 Å². The molecule has 0 aliphatic carbocycles. The monoisotopic (exact) mass is 586 g/mol. The van der Waals surface area contributed by atoms with Crippen molar-refractivity contribution in [2.75, 3.05) is 6.54 Å². The minimum absolute atomic E-state index is 0.129. The molecule has 43 heavy (non-hydrogen) atoms. The zero-order valence-electron chi connectivity index (χ0n) is 24.4. The van der Waals surface area contributed by atoms with Gasteiger partial charge in [-0.3, -0.25) is 9.78 Å². The highest BCUT2D eigenvalue weighted by Crippen LogP contribution is 2.42. The lowest BCUT2D eigenvalue weighted by Crippen LogP contribution is -2.30. The summed E-state index contributed by atoms with van der Waals surface area (Å²) >= 11 is 0. The topological polar surface area (TPSA) is 128 Å². The molecule has 2 aromatic carbocycles. The molecule has 226 valence electrons. The first-order valence-electron chi connectivity index (χ1n) is 14.5. The number of amides is 1. The second kappa shape index (κ2) is 14.7. The lowest BCUT2D eigenvalue weighted by molar-refractivity contribution is -0.307. The third-order valence-corrected chi connectivity index (χ3v) is 7.32. The van der Waals surface area contributed by atoms with Crippen molar-refractivity contribution >= 4 is 11.9 Å². The minimum atomic E-state index is -1.39. The van der Waals surface area contributed by atoms with Gasteiger partial charge in [-0.1, -0.05) is 48.5 Å². The molecule has 3 N–H and O–H groups in total. The molecule has 8 nitrogen and oxygen atoms in total. The Morgan fingerprint density at radius 3 is 2.26 bits per heavy atom. The number of aliphatic carboxylic acids is 1. The van der Waals surface area contributed by atoms with E-state index in [1.165, 1.54) is 12.1 Å². The predicted octanol–water partition coefficient (Wildman–Crippen LogP) is 4.09. The number of benzene rings is 2. The van der Waals surface area contributed by atoms with Crippen molar-refractivity contribution in [3.8, 4) is 22.3 Å². The Morgan fingerprint density at radius 1 is 0.930 bits per heavy atom. The third kappa shape index (κ3) is 8.15. The largest absolute Gasteiger partial charge is 0.550 e. The SMILES string of the molecule is CC(C)n1c(CC[C@@H](O)C[C@@H](O)CC(=O)[O-])c(-c2ccc(F)cc2)c(-c2ccccc2)c1C(=O)NCCc1cccnc1. The summed E-state index contributed by atoms with van der Waals surface area (Å²) < 4.78 is 16.0. The molecule has 0 aliphatic heterocycles. The van der Waals surface area contributed by atoms with E-state index < -0.39 is 24.6 Å². The number of carbonyl (C=O) groups excluding carboxylic acids is 2. The fourth-order valence-corrected chi connectivity index (χ4v) is 5.45. The first kappa shape index (κ1) is 31.6. The molecule has 2 atom stereocenters.